The first-order chi connectivity index (χ1) is 16.7. The highest BCUT2D eigenvalue weighted by atomic mass is 16.5. The van der Waals surface area contributed by atoms with Gasteiger partial charge >= 0.3 is 11.6 Å². The number of carbonyl (C=O) groups is 2. The summed E-state index contributed by atoms with van der Waals surface area (Å²) in [5.74, 6) is -1.43. The number of Topliss-reactive ketones (excluding diaryl/α,β-unsaturated/α-hetero) is 1. The van der Waals surface area contributed by atoms with Crippen LogP contribution in [-0.2, 0) is 11.2 Å². The fourth-order valence-corrected chi connectivity index (χ4v) is 4.09. The second-order valence-corrected chi connectivity index (χ2v) is 8.67. The summed E-state index contributed by atoms with van der Waals surface area (Å²) in [4.78, 5) is 36.3. The number of benzene rings is 3. The predicted molar refractivity (Wildman–Crippen MR) is 134 cm³/mol. The van der Waals surface area contributed by atoms with Crippen molar-refractivity contribution in [1.82, 2.24) is 0 Å². The maximum atomic E-state index is 12.4. The zero-order chi connectivity index (χ0) is 25.1. The van der Waals surface area contributed by atoms with E-state index in [0.29, 0.717) is 17.4 Å². The van der Waals surface area contributed by atoms with Crippen molar-refractivity contribution in [2.75, 3.05) is 0 Å². The summed E-state index contributed by atoms with van der Waals surface area (Å²) < 4.78 is 11.1. The molecule has 0 radical (unpaired) electrons. The molecule has 4 aromatic rings. The Morgan fingerprint density at radius 2 is 1.57 bits per heavy atom. The molecule has 1 N–H and O–H groups in total. The first-order valence-corrected chi connectivity index (χ1v) is 11.4. The summed E-state index contributed by atoms with van der Waals surface area (Å²) in [6.07, 6.45) is -0.506. The molecule has 0 bridgehead atoms. The van der Waals surface area contributed by atoms with Gasteiger partial charge in [-0.1, -0.05) is 54.1 Å². The van der Waals surface area contributed by atoms with Crippen LogP contribution in [0.4, 0.5) is 0 Å². The lowest BCUT2D eigenvalue weighted by Gasteiger charge is -2.18. The molecule has 1 heterocycles. The van der Waals surface area contributed by atoms with Crippen molar-refractivity contribution < 1.29 is 23.8 Å². The molecule has 35 heavy (non-hydrogen) atoms. The molecule has 0 spiro atoms. The molecular weight excluding hydrogens is 444 g/mol. The number of carboxylic acid groups (broad SMARTS) is 1. The molecule has 0 fully saturated rings. The summed E-state index contributed by atoms with van der Waals surface area (Å²) in [7, 11) is 0. The van der Waals surface area contributed by atoms with Crippen LogP contribution in [0, 0.1) is 13.8 Å². The molecule has 0 saturated carbocycles. The largest absolute Gasteiger partial charge is 0.479 e. The quantitative estimate of drug-likeness (QED) is 0.261. The van der Waals surface area contributed by atoms with Crippen LogP contribution in [0.2, 0.25) is 0 Å². The number of carboxylic acids is 1. The van der Waals surface area contributed by atoms with Crippen molar-refractivity contribution in [2.24, 2.45) is 0 Å². The van der Waals surface area contributed by atoms with Gasteiger partial charge in [-0.15, -0.1) is 0 Å². The number of aliphatic carboxylic acids is 1. The van der Waals surface area contributed by atoms with Gasteiger partial charge in [0.05, 0.1) is 0 Å². The Kier molecular flexibility index (Phi) is 6.82. The van der Waals surface area contributed by atoms with Crippen molar-refractivity contribution >= 4 is 22.7 Å². The van der Waals surface area contributed by atoms with Crippen molar-refractivity contribution in [3.63, 3.8) is 0 Å². The van der Waals surface area contributed by atoms with Crippen LogP contribution < -0.4 is 10.4 Å². The van der Waals surface area contributed by atoms with Crippen LogP contribution in [-0.4, -0.2) is 23.0 Å². The van der Waals surface area contributed by atoms with Crippen LogP contribution in [0.25, 0.3) is 22.1 Å². The minimum atomic E-state index is -1.18. The van der Waals surface area contributed by atoms with E-state index < -0.39 is 17.7 Å². The first kappa shape index (κ1) is 24.0. The molecule has 3 aromatic carbocycles. The number of fused-ring (bicyclic) bond motifs is 1. The molecule has 1 unspecified atom stereocenters. The maximum Gasteiger partial charge on any atom is 0.344 e. The zero-order valence-electron chi connectivity index (χ0n) is 19.8. The van der Waals surface area contributed by atoms with E-state index in [0.717, 1.165) is 16.7 Å². The summed E-state index contributed by atoms with van der Waals surface area (Å²) in [5, 5.41) is 10.4. The van der Waals surface area contributed by atoms with Crippen molar-refractivity contribution in [1.29, 1.82) is 0 Å². The Bertz CT molecular complexity index is 1450. The van der Waals surface area contributed by atoms with Crippen LogP contribution in [0.5, 0.6) is 5.75 Å². The molecule has 0 aliphatic rings. The Labute approximate surface area is 202 Å². The van der Waals surface area contributed by atoms with Gasteiger partial charge in [0.15, 0.2) is 17.5 Å². The minimum Gasteiger partial charge on any atom is -0.479 e. The van der Waals surface area contributed by atoms with E-state index in [4.69, 9.17) is 9.15 Å². The molecule has 0 amide bonds. The van der Waals surface area contributed by atoms with Gasteiger partial charge < -0.3 is 14.3 Å². The SMILES string of the molecule is CC(=O)c1c(OC(CCc2ccc(-c3ccc(C)cc3)cc2)C(=O)O)ccc2c(C)cc(=O)oc12. The lowest BCUT2D eigenvalue weighted by atomic mass is 10.0. The van der Waals surface area contributed by atoms with Gasteiger partial charge in [-0.05, 0) is 68.0 Å². The van der Waals surface area contributed by atoms with Gasteiger partial charge in [0.1, 0.15) is 11.3 Å². The maximum absolute atomic E-state index is 12.4. The fraction of sp³-hybridized carbons (Fsp3) is 0.207. The normalized spacial score (nSPS) is 11.9. The highest BCUT2D eigenvalue weighted by Gasteiger charge is 2.24. The Morgan fingerprint density at radius 1 is 0.943 bits per heavy atom. The lowest BCUT2D eigenvalue weighted by Crippen LogP contribution is -2.28. The van der Waals surface area contributed by atoms with Crippen LogP contribution in [0.1, 0.15) is 40.4 Å². The topological polar surface area (TPSA) is 93.8 Å². The highest BCUT2D eigenvalue weighted by molar-refractivity contribution is 6.07. The Hall–Kier alpha value is -4.19. The number of rotatable bonds is 8. The molecule has 1 atom stereocenters. The third-order valence-corrected chi connectivity index (χ3v) is 6.01. The van der Waals surface area contributed by atoms with E-state index in [1.54, 1.807) is 19.1 Å². The van der Waals surface area contributed by atoms with Crippen LogP contribution in [0.3, 0.4) is 0 Å². The average molecular weight is 471 g/mol. The number of hydrogen-bond acceptors (Lipinski definition) is 5. The molecule has 0 aliphatic heterocycles. The van der Waals surface area contributed by atoms with Crippen molar-refractivity contribution in [2.45, 2.75) is 39.7 Å². The summed E-state index contributed by atoms with van der Waals surface area (Å²) in [6.45, 7) is 5.12. The number of aryl methyl sites for hydroxylation is 3. The van der Waals surface area contributed by atoms with E-state index in [1.165, 1.54) is 18.6 Å². The van der Waals surface area contributed by atoms with Gasteiger partial charge in [0.2, 0.25) is 0 Å². The van der Waals surface area contributed by atoms with Crippen LogP contribution in [0.15, 0.2) is 75.9 Å². The first-order valence-electron chi connectivity index (χ1n) is 11.4. The average Bonchev–Trinajstić information content (AvgIpc) is 2.81. The third-order valence-electron chi connectivity index (χ3n) is 6.01. The Balaban J connectivity index is 1.55. The van der Waals surface area contributed by atoms with Gasteiger partial charge in [-0.2, -0.15) is 0 Å². The summed E-state index contributed by atoms with van der Waals surface area (Å²) >= 11 is 0. The van der Waals surface area contributed by atoms with E-state index >= 15 is 0 Å². The van der Waals surface area contributed by atoms with Crippen molar-refractivity contribution in [3.05, 3.63) is 99.4 Å². The van der Waals surface area contributed by atoms with E-state index in [-0.39, 0.29) is 29.1 Å². The van der Waals surface area contributed by atoms with E-state index in [1.807, 2.05) is 31.2 Å². The molecule has 0 saturated heterocycles. The number of carbonyl (C=O) groups excluding carboxylic acids is 1. The minimum absolute atomic E-state index is 0.0667. The number of ether oxygens (including phenoxy) is 1. The standard InChI is InChI=1S/C29H26O6/c1-17-4-9-21(10-5-17)22-11-6-20(7-12-22)8-14-25(29(32)33)34-24-15-13-23-18(2)16-26(31)35-28(23)27(24)19(3)30/h4-7,9-13,15-16,25H,8,14H2,1-3H3,(H,32,33). The molecule has 4 rings (SSSR count). The third kappa shape index (κ3) is 5.32. The Morgan fingerprint density at radius 3 is 2.17 bits per heavy atom. The number of hydrogen-bond donors (Lipinski definition) is 1. The second kappa shape index (κ2) is 9.97. The highest BCUT2D eigenvalue weighted by Crippen LogP contribution is 2.31. The van der Waals surface area contributed by atoms with Gasteiger partial charge in [0.25, 0.3) is 0 Å². The molecule has 0 aliphatic carbocycles. The fourth-order valence-electron chi connectivity index (χ4n) is 4.09. The van der Waals surface area contributed by atoms with Gasteiger partial charge in [0, 0.05) is 11.5 Å². The number of ketones is 1. The molecular formula is C29H26O6. The monoisotopic (exact) mass is 470 g/mol. The van der Waals surface area contributed by atoms with E-state index in [2.05, 4.69) is 24.3 Å². The van der Waals surface area contributed by atoms with Crippen LogP contribution >= 0.6 is 0 Å². The van der Waals surface area contributed by atoms with Gasteiger partial charge in [-0.3, -0.25) is 4.79 Å². The molecule has 6 nitrogen and oxygen atoms in total. The van der Waals surface area contributed by atoms with Crippen molar-refractivity contribution in [3.8, 4) is 16.9 Å². The predicted octanol–water partition coefficient (Wildman–Crippen LogP) is 5.74. The zero-order valence-corrected chi connectivity index (χ0v) is 19.8. The lowest BCUT2D eigenvalue weighted by molar-refractivity contribution is -0.145. The summed E-state index contributed by atoms with van der Waals surface area (Å²) in [5.41, 5.74) is 4.62. The molecule has 6 heteroatoms. The molecule has 1 aromatic heterocycles. The molecule has 178 valence electrons. The van der Waals surface area contributed by atoms with E-state index in [9.17, 15) is 19.5 Å². The second-order valence-electron chi connectivity index (χ2n) is 8.67. The smallest absolute Gasteiger partial charge is 0.344 e. The van der Waals surface area contributed by atoms with Gasteiger partial charge in [-0.25, -0.2) is 9.59 Å². The summed E-state index contributed by atoms with van der Waals surface area (Å²) in [6, 6.07) is 20.8.